The van der Waals surface area contributed by atoms with Crippen molar-refractivity contribution in [1.82, 2.24) is 4.90 Å². The summed E-state index contributed by atoms with van der Waals surface area (Å²) in [5.74, 6) is -0.295. The van der Waals surface area contributed by atoms with E-state index in [4.69, 9.17) is 10.5 Å². The lowest BCUT2D eigenvalue weighted by molar-refractivity contribution is -0.128. The molecule has 0 saturated carbocycles. The molecule has 1 amide bonds. The first kappa shape index (κ1) is 13.4. The lowest BCUT2D eigenvalue weighted by Crippen LogP contribution is -2.34. The van der Waals surface area contributed by atoms with E-state index in [1.807, 2.05) is 0 Å². The van der Waals surface area contributed by atoms with Crippen LogP contribution >= 0.6 is 0 Å². The zero-order valence-corrected chi connectivity index (χ0v) is 10.1. The third kappa shape index (κ3) is 3.71. The van der Waals surface area contributed by atoms with Crippen LogP contribution in [0.5, 0.6) is 5.75 Å². The molecule has 2 N–H and O–H groups in total. The number of rotatable bonds is 5. The summed E-state index contributed by atoms with van der Waals surface area (Å²) in [7, 11) is 3.10. The van der Waals surface area contributed by atoms with Crippen molar-refractivity contribution in [2.24, 2.45) is 5.73 Å². The van der Waals surface area contributed by atoms with Crippen LogP contribution in [0.3, 0.4) is 0 Å². The molecule has 1 aromatic rings. The molecule has 4 nitrogen and oxygen atoms in total. The van der Waals surface area contributed by atoms with Crippen LogP contribution in [0.4, 0.5) is 4.39 Å². The Hall–Kier alpha value is -1.62. The number of nitrogens with zero attached hydrogens (tertiary/aromatic N) is 1. The number of carbonyl (C=O) groups is 1. The Labute approximate surface area is 100 Å². The van der Waals surface area contributed by atoms with Gasteiger partial charge in [0.15, 0.2) is 11.6 Å². The van der Waals surface area contributed by atoms with Gasteiger partial charge < -0.3 is 15.4 Å². The number of hydrogen-bond donors (Lipinski definition) is 1. The van der Waals surface area contributed by atoms with Crippen LogP contribution in [0.2, 0.25) is 0 Å². The van der Waals surface area contributed by atoms with E-state index in [-0.39, 0.29) is 18.2 Å². The van der Waals surface area contributed by atoms with Gasteiger partial charge in [0.05, 0.1) is 13.7 Å². The summed E-state index contributed by atoms with van der Waals surface area (Å²) >= 11 is 0. The standard InChI is InChI=1S/C12H17FN2O2/c1-15(12(16)8-14)6-5-9-3-4-11(17-2)10(13)7-9/h3-4,7H,5-6,8,14H2,1-2H3. The summed E-state index contributed by atoms with van der Waals surface area (Å²) in [5, 5.41) is 0. The van der Waals surface area contributed by atoms with E-state index in [1.54, 1.807) is 19.2 Å². The smallest absolute Gasteiger partial charge is 0.236 e. The summed E-state index contributed by atoms with van der Waals surface area (Å²) in [6.07, 6.45) is 0.586. The molecule has 0 aliphatic carbocycles. The Kier molecular flexibility index (Phi) is 4.90. The molecule has 0 unspecified atom stereocenters. The van der Waals surface area contributed by atoms with Crippen molar-refractivity contribution >= 4 is 5.91 Å². The van der Waals surface area contributed by atoms with Crippen molar-refractivity contribution in [3.05, 3.63) is 29.6 Å². The molecular weight excluding hydrogens is 223 g/mol. The molecule has 0 saturated heterocycles. The van der Waals surface area contributed by atoms with Gasteiger partial charge in [-0.15, -0.1) is 0 Å². The molecule has 17 heavy (non-hydrogen) atoms. The van der Waals surface area contributed by atoms with Gasteiger partial charge in [-0.2, -0.15) is 0 Å². The van der Waals surface area contributed by atoms with Crippen LogP contribution < -0.4 is 10.5 Å². The van der Waals surface area contributed by atoms with Crippen LogP contribution in [0, 0.1) is 5.82 Å². The minimum absolute atomic E-state index is 0.00647. The van der Waals surface area contributed by atoms with E-state index in [2.05, 4.69) is 0 Å². The van der Waals surface area contributed by atoms with Gasteiger partial charge in [0.25, 0.3) is 0 Å². The molecule has 0 aromatic heterocycles. The maximum absolute atomic E-state index is 13.4. The van der Waals surface area contributed by atoms with Crippen molar-refractivity contribution in [2.75, 3.05) is 27.2 Å². The molecule has 1 aromatic carbocycles. The third-order valence-electron chi connectivity index (χ3n) is 2.55. The highest BCUT2D eigenvalue weighted by atomic mass is 19.1. The molecule has 0 bridgehead atoms. The summed E-state index contributed by atoms with van der Waals surface area (Å²) in [6.45, 7) is 0.509. The minimum atomic E-state index is -0.391. The molecule has 5 heteroatoms. The Bertz CT molecular complexity index is 396. The van der Waals surface area contributed by atoms with Gasteiger partial charge in [-0.25, -0.2) is 4.39 Å². The highest BCUT2D eigenvalue weighted by molar-refractivity contribution is 5.77. The maximum Gasteiger partial charge on any atom is 0.236 e. The lowest BCUT2D eigenvalue weighted by Gasteiger charge is -2.16. The fourth-order valence-electron chi connectivity index (χ4n) is 1.44. The molecule has 0 radical (unpaired) electrons. The second-order valence-electron chi connectivity index (χ2n) is 3.74. The van der Waals surface area contributed by atoms with E-state index in [0.29, 0.717) is 13.0 Å². The highest BCUT2D eigenvalue weighted by Gasteiger charge is 2.07. The largest absolute Gasteiger partial charge is 0.494 e. The Morgan fingerprint density at radius 3 is 2.76 bits per heavy atom. The first-order valence-electron chi connectivity index (χ1n) is 5.35. The van der Waals surface area contributed by atoms with Crippen LogP contribution in [0.1, 0.15) is 5.56 Å². The fourth-order valence-corrected chi connectivity index (χ4v) is 1.44. The number of benzene rings is 1. The van der Waals surface area contributed by atoms with Gasteiger partial charge in [0, 0.05) is 13.6 Å². The van der Waals surface area contributed by atoms with Crippen molar-refractivity contribution in [3.8, 4) is 5.75 Å². The van der Waals surface area contributed by atoms with Crippen LogP contribution in [0.15, 0.2) is 18.2 Å². The van der Waals surface area contributed by atoms with E-state index >= 15 is 0 Å². The number of ether oxygens (including phenoxy) is 1. The SMILES string of the molecule is COc1ccc(CCN(C)C(=O)CN)cc1F. The number of amides is 1. The normalized spacial score (nSPS) is 10.1. The first-order valence-corrected chi connectivity index (χ1v) is 5.35. The molecule has 0 heterocycles. The summed E-state index contributed by atoms with van der Waals surface area (Å²) in [6, 6.07) is 4.78. The van der Waals surface area contributed by atoms with Crippen LogP contribution in [0.25, 0.3) is 0 Å². The number of carbonyl (C=O) groups excluding carboxylic acids is 1. The first-order chi connectivity index (χ1) is 8.08. The fraction of sp³-hybridized carbons (Fsp3) is 0.417. The monoisotopic (exact) mass is 240 g/mol. The number of nitrogens with two attached hydrogens (primary N) is 1. The van der Waals surface area contributed by atoms with Crippen LogP contribution in [-0.4, -0.2) is 38.1 Å². The van der Waals surface area contributed by atoms with Gasteiger partial charge >= 0.3 is 0 Å². The summed E-state index contributed by atoms with van der Waals surface area (Å²) < 4.78 is 18.2. The van der Waals surface area contributed by atoms with Gasteiger partial charge in [-0.05, 0) is 24.1 Å². The topological polar surface area (TPSA) is 55.6 Å². The number of methoxy groups -OCH3 is 1. The van der Waals surface area contributed by atoms with Crippen LogP contribution in [-0.2, 0) is 11.2 Å². The Balaban J connectivity index is 2.58. The van der Waals surface area contributed by atoms with E-state index < -0.39 is 5.82 Å². The molecule has 0 atom stereocenters. The second-order valence-corrected chi connectivity index (χ2v) is 3.74. The summed E-state index contributed by atoms with van der Waals surface area (Å²) in [4.78, 5) is 12.7. The number of likely N-dealkylation sites (N-methyl/N-ethyl adjacent to an activating group) is 1. The predicted octanol–water partition coefficient (Wildman–Crippen LogP) is 0.794. The molecule has 0 fully saturated rings. The molecular formula is C12H17FN2O2. The van der Waals surface area contributed by atoms with E-state index in [0.717, 1.165) is 5.56 Å². The highest BCUT2D eigenvalue weighted by Crippen LogP contribution is 2.17. The van der Waals surface area contributed by atoms with Crippen molar-refractivity contribution in [1.29, 1.82) is 0 Å². The second kappa shape index (κ2) is 6.20. The zero-order chi connectivity index (χ0) is 12.8. The predicted molar refractivity (Wildman–Crippen MR) is 63.3 cm³/mol. The van der Waals surface area contributed by atoms with Gasteiger partial charge in [0.1, 0.15) is 0 Å². The number of halogens is 1. The average molecular weight is 240 g/mol. The van der Waals surface area contributed by atoms with Crippen molar-refractivity contribution in [3.63, 3.8) is 0 Å². The molecule has 94 valence electrons. The summed E-state index contributed by atoms with van der Waals surface area (Å²) in [5.41, 5.74) is 6.06. The number of hydrogen-bond acceptors (Lipinski definition) is 3. The minimum Gasteiger partial charge on any atom is -0.494 e. The van der Waals surface area contributed by atoms with Crippen molar-refractivity contribution in [2.45, 2.75) is 6.42 Å². The maximum atomic E-state index is 13.4. The Morgan fingerprint density at radius 1 is 1.53 bits per heavy atom. The molecule has 0 aliphatic heterocycles. The zero-order valence-electron chi connectivity index (χ0n) is 10.1. The van der Waals surface area contributed by atoms with Gasteiger partial charge in [-0.3, -0.25) is 4.79 Å². The van der Waals surface area contributed by atoms with E-state index in [9.17, 15) is 9.18 Å². The van der Waals surface area contributed by atoms with Gasteiger partial charge in [-0.1, -0.05) is 6.07 Å². The molecule has 0 aliphatic rings. The molecule has 1 rings (SSSR count). The Morgan fingerprint density at radius 2 is 2.24 bits per heavy atom. The van der Waals surface area contributed by atoms with Crippen molar-refractivity contribution < 1.29 is 13.9 Å². The van der Waals surface area contributed by atoms with E-state index in [1.165, 1.54) is 18.1 Å². The average Bonchev–Trinajstić information content (AvgIpc) is 2.35. The third-order valence-corrected chi connectivity index (χ3v) is 2.55. The lowest BCUT2D eigenvalue weighted by atomic mass is 10.1. The molecule has 0 spiro atoms. The quantitative estimate of drug-likeness (QED) is 0.828. The van der Waals surface area contributed by atoms with Gasteiger partial charge in [0.2, 0.25) is 5.91 Å².